The van der Waals surface area contributed by atoms with Crippen LogP contribution in [0.3, 0.4) is 0 Å². The van der Waals surface area contributed by atoms with Crippen molar-refractivity contribution in [1.82, 2.24) is 0 Å². The third-order valence-electron chi connectivity index (χ3n) is 7.81. The second-order valence-corrected chi connectivity index (χ2v) is 11.3. The molecule has 8 rings (SSSR count). The molecule has 8 aromatic rings. The number of anilines is 3. The van der Waals surface area contributed by atoms with Gasteiger partial charge in [0.15, 0.2) is 0 Å². The Morgan fingerprint density at radius 1 is 0.400 bits per heavy atom. The summed E-state index contributed by atoms with van der Waals surface area (Å²) in [6.45, 7) is 0. The number of thiophene rings is 1. The van der Waals surface area contributed by atoms with Gasteiger partial charge in [0.1, 0.15) is 0 Å². The summed E-state index contributed by atoms with van der Waals surface area (Å²) in [4.78, 5) is 2.40. The van der Waals surface area contributed by atoms with Gasteiger partial charge < -0.3 is 4.90 Å². The highest BCUT2D eigenvalue weighted by molar-refractivity contribution is 7.26. The molecular formula is C38H25NS. The van der Waals surface area contributed by atoms with Crippen LogP contribution in [0.25, 0.3) is 52.8 Å². The summed E-state index contributed by atoms with van der Waals surface area (Å²) in [7, 11) is 0. The first-order valence-corrected chi connectivity index (χ1v) is 14.4. The zero-order valence-corrected chi connectivity index (χ0v) is 22.6. The predicted molar refractivity (Wildman–Crippen MR) is 174 cm³/mol. The van der Waals surface area contributed by atoms with Crippen LogP contribution in [0.1, 0.15) is 0 Å². The van der Waals surface area contributed by atoms with Crippen LogP contribution < -0.4 is 4.90 Å². The highest BCUT2D eigenvalue weighted by Crippen LogP contribution is 2.47. The van der Waals surface area contributed by atoms with Gasteiger partial charge in [-0.3, -0.25) is 0 Å². The number of rotatable bonds is 4. The fourth-order valence-electron chi connectivity index (χ4n) is 5.89. The molecule has 0 aliphatic rings. The van der Waals surface area contributed by atoms with Crippen molar-refractivity contribution in [3.8, 4) is 11.1 Å². The minimum Gasteiger partial charge on any atom is -0.310 e. The van der Waals surface area contributed by atoms with Crippen molar-refractivity contribution in [3.63, 3.8) is 0 Å². The molecule has 0 aliphatic heterocycles. The van der Waals surface area contributed by atoms with Gasteiger partial charge in [0.2, 0.25) is 0 Å². The van der Waals surface area contributed by atoms with Crippen molar-refractivity contribution in [2.75, 3.05) is 4.90 Å². The van der Waals surface area contributed by atoms with Crippen molar-refractivity contribution < 1.29 is 0 Å². The molecule has 0 unspecified atom stereocenters. The van der Waals surface area contributed by atoms with E-state index in [1.54, 1.807) is 0 Å². The molecule has 1 nitrogen and oxygen atoms in total. The van der Waals surface area contributed by atoms with E-state index in [2.05, 4.69) is 157 Å². The van der Waals surface area contributed by atoms with E-state index >= 15 is 0 Å². The Balaban J connectivity index is 1.40. The fraction of sp³-hybridized carbons (Fsp3) is 0. The average Bonchev–Trinajstić information content (AvgIpc) is 3.39. The Morgan fingerprint density at radius 3 is 1.73 bits per heavy atom. The molecule has 0 saturated carbocycles. The molecule has 188 valence electrons. The summed E-state index contributed by atoms with van der Waals surface area (Å²) >= 11 is 1.90. The summed E-state index contributed by atoms with van der Waals surface area (Å²) in [5.41, 5.74) is 5.91. The van der Waals surface area contributed by atoms with E-state index in [1.807, 2.05) is 11.3 Å². The van der Waals surface area contributed by atoms with Crippen LogP contribution in [0.2, 0.25) is 0 Å². The van der Waals surface area contributed by atoms with Crippen LogP contribution in [0.15, 0.2) is 152 Å². The van der Waals surface area contributed by atoms with Crippen LogP contribution in [0.5, 0.6) is 0 Å². The van der Waals surface area contributed by atoms with Crippen LogP contribution >= 0.6 is 11.3 Å². The fourth-order valence-corrected chi connectivity index (χ4v) is 7.14. The van der Waals surface area contributed by atoms with Crippen LogP contribution in [0, 0.1) is 0 Å². The van der Waals surface area contributed by atoms with Gasteiger partial charge in [-0.2, -0.15) is 0 Å². The minimum absolute atomic E-state index is 1.14. The quantitative estimate of drug-likeness (QED) is 0.220. The Labute approximate surface area is 237 Å². The number of benzene rings is 7. The van der Waals surface area contributed by atoms with Crippen LogP contribution in [-0.4, -0.2) is 0 Å². The van der Waals surface area contributed by atoms with Crippen molar-refractivity contribution in [2.24, 2.45) is 0 Å². The largest absolute Gasteiger partial charge is 0.310 e. The number of hydrogen-bond donors (Lipinski definition) is 0. The van der Waals surface area contributed by atoms with Gasteiger partial charge in [-0.25, -0.2) is 0 Å². The molecule has 0 fully saturated rings. The van der Waals surface area contributed by atoms with Gasteiger partial charge in [-0.1, -0.05) is 109 Å². The first-order chi connectivity index (χ1) is 19.8. The number of nitrogens with zero attached hydrogens (tertiary/aromatic N) is 1. The Hall–Kier alpha value is -4.92. The smallest absolute Gasteiger partial charge is 0.0547 e. The van der Waals surface area contributed by atoms with Gasteiger partial charge in [-0.15, -0.1) is 11.3 Å². The second-order valence-electron chi connectivity index (χ2n) is 10.2. The zero-order valence-electron chi connectivity index (χ0n) is 21.8. The highest BCUT2D eigenvalue weighted by Gasteiger charge is 2.19. The maximum absolute atomic E-state index is 2.41. The van der Waals surface area contributed by atoms with E-state index in [1.165, 1.54) is 58.5 Å². The molecule has 0 N–H and O–H groups in total. The van der Waals surface area contributed by atoms with E-state index in [9.17, 15) is 0 Å². The summed E-state index contributed by atoms with van der Waals surface area (Å²) in [5.74, 6) is 0. The lowest BCUT2D eigenvalue weighted by Crippen LogP contribution is -2.10. The van der Waals surface area contributed by atoms with Gasteiger partial charge in [0, 0.05) is 42.3 Å². The summed E-state index contributed by atoms with van der Waals surface area (Å²) in [6.07, 6.45) is 0. The third-order valence-corrected chi connectivity index (χ3v) is 9.01. The lowest BCUT2D eigenvalue weighted by Gasteiger charge is -2.27. The topological polar surface area (TPSA) is 3.24 Å². The Kier molecular flexibility index (Phi) is 5.39. The SMILES string of the molecule is c1ccc(-c2ccc(N(c3ccccc3)c3cc4c5cc6ccccc6cc5sc4c4ccccc34)cc2)cc1. The molecule has 0 radical (unpaired) electrons. The highest BCUT2D eigenvalue weighted by atomic mass is 32.1. The molecule has 0 bridgehead atoms. The minimum atomic E-state index is 1.14. The zero-order chi connectivity index (χ0) is 26.5. The summed E-state index contributed by atoms with van der Waals surface area (Å²) in [5, 5.41) is 7.74. The molecule has 7 aromatic carbocycles. The molecule has 0 aliphatic carbocycles. The normalized spacial score (nSPS) is 11.5. The number of fused-ring (bicyclic) bond motifs is 6. The average molecular weight is 528 g/mol. The number of hydrogen-bond acceptors (Lipinski definition) is 2. The molecule has 0 amide bonds. The second kappa shape index (κ2) is 9.37. The molecular weight excluding hydrogens is 502 g/mol. The van der Waals surface area contributed by atoms with E-state index in [0.717, 1.165) is 11.4 Å². The predicted octanol–water partition coefficient (Wildman–Crippen LogP) is 11.5. The molecule has 40 heavy (non-hydrogen) atoms. The molecule has 0 saturated heterocycles. The lowest BCUT2D eigenvalue weighted by molar-refractivity contribution is 1.30. The van der Waals surface area contributed by atoms with Crippen LogP contribution in [0.4, 0.5) is 17.1 Å². The molecule has 0 atom stereocenters. The third kappa shape index (κ3) is 3.77. The van der Waals surface area contributed by atoms with E-state index in [-0.39, 0.29) is 0 Å². The van der Waals surface area contributed by atoms with Crippen molar-refractivity contribution >= 4 is 70.1 Å². The van der Waals surface area contributed by atoms with E-state index in [0.29, 0.717) is 0 Å². The van der Waals surface area contributed by atoms with Crippen LogP contribution in [-0.2, 0) is 0 Å². The van der Waals surface area contributed by atoms with E-state index < -0.39 is 0 Å². The maximum Gasteiger partial charge on any atom is 0.0547 e. The van der Waals surface area contributed by atoms with E-state index in [4.69, 9.17) is 0 Å². The van der Waals surface area contributed by atoms with Gasteiger partial charge in [-0.05, 0) is 64.4 Å². The van der Waals surface area contributed by atoms with Crippen molar-refractivity contribution in [1.29, 1.82) is 0 Å². The van der Waals surface area contributed by atoms with Crippen molar-refractivity contribution in [3.05, 3.63) is 152 Å². The molecule has 2 heteroatoms. The number of para-hydroxylation sites is 1. The summed E-state index contributed by atoms with van der Waals surface area (Å²) in [6, 6.07) is 54.9. The van der Waals surface area contributed by atoms with Gasteiger partial charge in [0.05, 0.1) is 5.69 Å². The molecule has 0 spiro atoms. The Morgan fingerprint density at radius 2 is 0.975 bits per heavy atom. The molecule has 1 aromatic heterocycles. The molecule has 1 heterocycles. The summed E-state index contributed by atoms with van der Waals surface area (Å²) < 4.78 is 2.67. The van der Waals surface area contributed by atoms with Crippen molar-refractivity contribution in [2.45, 2.75) is 0 Å². The monoisotopic (exact) mass is 527 g/mol. The standard InChI is InChI=1S/C38H25NS/c1-3-11-26(12-4-1)27-19-21-31(22-20-27)39(30-15-5-2-6-16-30)36-25-35-34-23-28-13-7-8-14-29(28)24-37(34)40-38(35)33-18-10-9-17-32(33)36/h1-25H. The first kappa shape index (κ1) is 23.0. The lowest BCUT2D eigenvalue weighted by atomic mass is 10.0. The van der Waals surface area contributed by atoms with Gasteiger partial charge >= 0.3 is 0 Å². The maximum atomic E-state index is 2.41. The first-order valence-electron chi connectivity index (χ1n) is 13.6. The Bertz CT molecular complexity index is 2140. The van der Waals surface area contributed by atoms with Gasteiger partial charge in [0.25, 0.3) is 0 Å².